The van der Waals surface area contributed by atoms with E-state index in [4.69, 9.17) is 4.74 Å². The van der Waals surface area contributed by atoms with Crippen LogP contribution in [0.15, 0.2) is 42.6 Å². The van der Waals surface area contributed by atoms with Crippen molar-refractivity contribution in [2.24, 2.45) is 5.92 Å². The van der Waals surface area contributed by atoms with Gasteiger partial charge in [-0.3, -0.25) is 4.79 Å². The van der Waals surface area contributed by atoms with E-state index in [1.165, 1.54) is 0 Å². The number of alkyl halides is 3. The Morgan fingerprint density at radius 2 is 1.86 bits per heavy atom. The maximum Gasteiger partial charge on any atom is 0.417 e. The van der Waals surface area contributed by atoms with Crippen molar-refractivity contribution in [1.29, 1.82) is 0 Å². The van der Waals surface area contributed by atoms with Gasteiger partial charge in [0.2, 0.25) is 5.88 Å². The lowest BCUT2D eigenvalue weighted by Crippen LogP contribution is -2.48. The number of amides is 1. The fourth-order valence-corrected chi connectivity index (χ4v) is 2.88. The second kappa shape index (κ2) is 10.7. The number of pyridine rings is 1. The number of nitrogens with one attached hydrogen (secondary N) is 2. The van der Waals surface area contributed by atoms with Gasteiger partial charge in [-0.1, -0.05) is 6.92 Å². The van der Waals surface area contributed by atoms with Crippen LogP contribution in [-0.4, -0.2) is 30.0 Å². The molecule has 5 nitrogen and oxygen atoms in total. The molecule has 10 heteroatoms. The molecule has 0 spiro atoms. The number of rotatable bonds is 4. The first kappa shape index (κ1) is 25.0. The standard InChI is InChI=1S/C19H20F3N3O2.2ClH/c1-12-10-23-9-8-16(12)25-18(26)13-2-5-15(6-3-13)27-17-7-4-14(11-24-17)19(20,21)22;;/h2-7,11-12,16,23H,8-10H2,1H3,(H,25,26);2*1H. The van der Waals surface area contributed by atoms with Gasteiger partial charge in [-0.25, -0.2) is 4.98 Å². The summed E-state index contributed by atoms with van der Waals surface area (Å²) in [6.45, 7) is 3.84. The summed E-state index contributed by atoms with van der Waals surface area (Å²) >= 11 is 0. The van der Waals surface area contributed by atoms with E-state index >= 15 is 0 Å². The van der Waals surface area contributed by atoms with E-state index in [0.717, 1.165) is 37.8 Å². The zero-order valence-electron chi connectivity index (χ0n) is 15.5. The van der Waals surface area contributed by atoms with Crippen molar-refractivity contribution in [3.8, 4) is 11.6 Å². The van der Waals surface area contributed by atoms with Crippen molar-refractivity contribution < 1.29 is 22.7 Å². The molecule has 0 bridgehead atoms. The molecule has 0 radical (unpaired) electrons. The molecule has 0 aliphatic carbocycles. The molecule has 2 heterocycles. The van der Waals surface area contributed by atoms with E-state index in [1.54, 1.807) is 24.3 Å². The smallest absolute Gasteiger partial charge is 0.417 e. The number of benzene rings is 1. The molecular formula is C19H22Cl2F3N3O2. The first-order chi connectivity index (χ1) is 12.8. The van der Waals surface area contributed by atoms with Crippen LogP contribution in [-0.2, 0) is 6.18 Å². The molecule has 2 atom stereocenters. The molecule has 1 amide bonds. The van der Waals surface area contributed by atoms with Gasteiger partial charge in [-0.15, -0.1) is 24.8 Å². The summed E-state index contributed by atoms with van der Waals surface area (Å²) in [4.78, 5) is 16.0. The molecule has 1 aromatic heterocycles. The number of ether oxygens (including phenoxy) is 1. The van der Waals surface area contributed by atoms with Crippen LogP contribution in [0.25, 0.3) is 0 Å². The van der Waals surface area contributed by atoms with Gasteiger partial charge in [-0.05, 0) is 55.8 Å². The summed E-state index contributed by atoms with van der Waals surface area (Å²) in [5.74, 6) is 0.627. The first-order valence-corrected chi connectivity index (χ1v) is 8.65. The van der Waals surface area contributed by atoms with E-state index in [-0.39, 0.29) is 42.6 Å². The molecule has 1 fully saturated rings. The molecule has 2 unspecified atom stereocenters. The summed E-state index contributed by atoms with van der Waals surface area (Å²) in [6, 6.07) is 8.58. The third-order valence-corrected chi connectivity index (χ3v) is 4.50. The van der Waals surface area contributed by atoms with E-state index in [1.807, 2.05) is 0 Å². The van der Waals surface area contributed by atoms with Crippen LogP contribution in [0.1, 0.15) is 29.3 Å². The second-order valence-electron chi connectivity index (χ2n) is 6.56. The first-order valence-electron chi connectivity index (χ1n) is 8.65. The summed E-state index contributed by atoms with van der Waals surface area (Å²) in [5, 5.41) is 6.32. The highest BCUT2D eigenvalue weighted by Gasteiger charge is 2.30. The van der Waals surface area contributed by atoms with Crippen LogP contribution in [0.5, 0.6) is 11.6 Å². The fraction of sp³-hybridized carbons (Fsp3) is 0.368. The lowest BCUT2D eigenvalue weighted by Gasteiger charge is -2.30. The maximum atomic E-state index is 12.5. The summed E-state index contributed by atoms with van der Waals surface area (Å²) in [5.41, 5.74) is -0.345. The molecule has 160 valence electrons. The molecule has 2 N–H and O–H groups in total. The van der Waals surface area contributed by atoms with E-state index < -0.39 is 11.7 Å². The van der Waals surface area contributed by atoms with Gasteiger partial charge in [0, 0.05) is 23.9 Å². The lowest BCUT2D eigenvalue weighted by atomic mass is 9.95. The number of carbonyl (C=O) groups is 1. The molecule has 1 aromatic carbocycles. The normalized spacial score (nSPS) is 18.8. The maximum absolute atomic E-state index is 12.5. The minimum Gasteiger partial charge on any atom is -0.439 e. The molecule has 2 aromatic rings. The molecule has 29 heavy (non-hydrogen) atoms. The van der Waals surface area contributed by atoms with Crippen molar-refractivity contribution in [3.05, 3.63) is 53.7 Å². The van der Waals surface area contributed by atoms with Gasteiger partial charge in [-0.2, -0.15) is 13.2 Å². The molecule has 0 saturated carbocycles. The number of halogens is 5. The number of nitrogens with zero attached hydrogens (tertiary/aromatic N) is 1. The van der Waals surface area contributed by atoms with Gasteiger partial charge >= 0.3 is 6.18 Å². The number of hydrogen-bond donors (Lipinski definition) is 2. The quantitative estimate of drug-likeness (QED) is 0.719. The Morgan fingerprint density at radius 1 is 1.17 bits per heavy atom. The van der Waals surface area contributed by atoms with Crippen LogP contribution in [0, 0.1) is 5.92 Å². The lowest BCUT2D eigenvalue weighted by molar-refractivity contribution is -0.137. The van der Waals surface area contributed by atoms with Crippen LogP contribution in [0.4, 0.5) is 13.2 Å². The minimum absolute atomic E-state index is 0. The van der Waals surface area contributed by atoms with Crippen molar-refractivity contribution in [3.63, 3.8) is 0 Å². The van der Waals surface area contributed by atoms with Gasteiger partial charge in [0.25, 0.3) is 5.91 Å². The monoisotopic (exact) mass is 451 g/mol. The number of hydrogen-bond acceptors (Lipinski definition) is 4. The van der Waals surface area contributed by atoms with Gasteiger partial charge in [0.05, 0.1) is 5.56 Å². The zero-order chi connectivity index (χ0) is 19.4. The molecule has 1 aliphatic rings. The fourth-order valence-electron chi connectivity index (χ4n) is 2.88. The Labute approximate surface area is 179 Å². The molecule has 1 aliphatic heterocycles. The number of carbonyl (C=O) groups excluding carboxylic acids is 1. The highest BCUT2D eigenvalue weighted by atomic mass is 35.5. The van der Waals surface area contributed by atoms with Gasteiger partial charge in [0.15, 0.2) is 0 Å². The Bertz CT molecular complexity index is 787. The van der Waals surface area contributed by atoms with Gasteiger partial charge in [0.1, 0.15) is 5.75 Å². The number of aromatic nitrogens is 1. The van der Waals surface area contributed by atoms with E-state index in [2.05, 4.69) is 22.5 Å². The zero-order valence-corrected chi connectivity index (χ0v) is 17.2. The Morgan fingerprint density at radius 3 is 2.41 bits per heavy atom. The van der Waals surface area contributed by atoms with Crippen molar-refractivity contribution >= 4 is 30.7 Å². The Kier molecular flexibility index (Phi) is 9.19. The third kappa shape index (κ3) is 6.76. The highest BCUT2D eigenvalue weighted by Crippen LogP contribution is 2.30. The molecule has 3 rings (SSSR count). The van der Waals surface area contributed by atoms with Crippen LogP contribution in [0.3, 0.4) is 0 Å². The average molecular weight is 452 g/mol. The van der Waals surface area contributed by atoms with E-state index in [0.29, 0.717) is 17.2 Å². The Balaban J connectivity index is 0.00000210. The predicted octanol–water partition coefficient (Wildman–Crippen LogP) is 4.46. The SMILES string of the molecule is CC1CNCCC1NC(=O)c1ccc(Oc2ccc(C(F)(F)F)cn2)cc1.Cl.Cl. The Hall–Kier alpha value is -2.03. The summed E-state index contributed by atoms with van der Waals surface area (Å²) < 4.78 is 43.0. The second-order valence-corrected chi connectivity index (χ2v) is 6.56. The minimum atomic E-state index is -4.44. The van der Waals surface area contributed by atoms with Crippen molar-refractivity contribution in [2.45, 2.75) is 25.6 Å². The summed E-state index contributed by atoms with van der Waals surface area (Å²) in [7, 11) is 0. The van der Waals surface area contributed by atoms with Gasteiger partial charge < -0.3 is 15.4 Å². The highest BCUT2D eigenvalue weighted by molar-refractivity contribution is 5.94. The van der Waals surface area contributed by atoms with Crippen LogP contribution >= 0.6 is 24.8 Å². The van der Waals surface area contributed by atoms with Crippen LogP contribution < -0.4 is 15.4 Å². The number of piperidine rings is 1. The average Bonchev–Trinajstić information content (AvgIpc) is 2.64. The topological polar surface area (TPSA) is 63.2 Å². The third-order valence-electron chi connectivity index (χ3n) is 4.50. The predicted molar refractivity (Wildman–Crippen MR) is 108 cm³/mol. The molecular weight excluding hydrogens is 430 g/mol. The van der Waals surface area contributed by atoms with Crippen molar-refractivity contribution in [2.75, 3.05) is 13.1 Å². The summed E-state index contributed by atoms with van der Waals surface area (Å²) in [6.07, 6.45) is -2.84. The van der Waals surface area contributed by atoms with E-state index in [9.17, 15) is 18.0 Å². The largest absolute Gasteiger partial charge is 0.439 e. The molecule has 1 saturated heterocycles. The van der Waals surface area contributed by atoms with Crippen LogP contribution in [0.2, 0.25) is 0 Å². The van der Waals surface area contributed by atoms with Crippen molar-refractivity contribution in [1.82, 2.24) is 15.6 Å².